The summed E-state index contributed by atoms with van der Waals surface area (Å²) in [5, 5.41) is 9.59. The van der Waals surface area contributed by atoms with Gasteiger partial charge in [-0.1, -0.05) is 0 Å². The number of aryl methyl sites for hydroxylation is 1. The van der Waals surface area contributed by atoms with Crippen LogP contribution in [0.3, 0.4) is 0 Å². The van der Waals surface area contributed by atoms with E-state index < -0.39 is 0 Å². The van der Waals surface area contributed by atoms with Crippen LogP contribution in [0.1, 0.15) is 12.1 Å². The van der Waals surface area contributed by atoms with Gasteiger partial charge in [0, 0.05) is 25.5 Å². The van der Waals surface area contributed by atoms with Gasteiger partial charge in [-0.3, -0.25) is 9.67 Å². The van der Waals surface area contributed by atoms with E-state index in [9.17, 15) is 4.79 Å². The lowest BCUT2D eigenvalue weighted by molar-refractivity contribution is 0.240. The third-order valence-corrected chi connectivity index (χ3v) is 2.92. The van der Waals surface area contributed by atoms with Crippen LogP contribution in [0.4, 0.5) is 4.79 Å². The summed E-state index contributed by atoms with van der Waals surface area (Å²) >= 11 is 3.20. The van der Waals surface area contributed by atoms with Crippen LogP contribution in [-0.4, -0.2) is 32.3 Å². The van der Waals surface area contributed by atoms with Crippen LogP contribution in [0.25, 0.3) is 0 Å². The highest BCUT2D eigenvalue weighted by Gasteiger charge is 2.01. The van der Waals surface area contributed by atoms with Crippen LogP contribution in [0, 0.1) is 0 Å². The average molecular weight is 339 g/mol. The molecule has 2 aromatic rings. The molecule has 0 spiro atoms. The zero-order valence-corrected chi connectivity index (χ0v) is 12.4. The molecule has 0 aliphatic carbocycles. The van der Waals surface area contributed by atoms with Gasteiger partial charge in [-0.25, -0.2) is 9.78 Å². The summed E-state index contributed by atoms with van der Waals surface area (Å²) < 4.78 is 2.50. The first-order valence-electron chi connectivity index (χ1n) is 6.19. The Morgan fingerprint density at radius 2 is 2.20 bits per heavy atom. The molecule has 2 amide bonds. The second-order valence-electron chi connectivity index (χ2n) is 4.06. The Morgan fingerprint density at radius 1 is 1.30 bits per heavy atom. The van der Waals surface area contributed by atoms with Crippen LogP contribution < -0.4 is 10.6 Å². The number of rotatable bonds is 6. The van der Waals surface area contributed by atoms with E-state index in [0.29, 0.717) is 23.4 Å². The van der Waals surface area contributed by atoms with Gasteiger partial charge in [-0.15, -0.1) is 0 Å². The van der Waals surface area contributed by atoms with Crippen molar-refractivity contribution < 1.29 is 4.79 Å². The summed E-state index contributed by atoms with van der Waals surface area (Å²) in [6.07, 6.45) is 7.67. The summed E-state index contributed by atoms with van der Waals surface area (Å²) in [4.78, 5) is 19.7. The summed E-state index contributed by atoms with van der Waals surface area (Å²) in [5.41, 5.74) is 0.708. The molecule has 0 fully saturated rings. The standard InChI is InChI=1S/C12H15BrN6O/c13-11-9-15-10(7-16-11)8-17-12(20)14-3-1-5-19-6-2-4-18-19/h2,4,6-7,9H,1,3,5,8H2,(H2,14,17,20). The second kappa shape index (κ2) is 7.59. The predicted molar refractivity (Wildman–Crippen MR) is 76.8 cm³/mol. The minimum atomic E-state index is -0.213. The van der Waals surface area contributed by atoms with Gasteiger partial charge >= 0.3 is 6.03 Å². The topological polar surface area (TPSA) is 84.7 Å². The summed E-state index contributed by atoms with van der Waals surface area (Å²) in [5.74, 6) is 0. The molecule has 0 aliphatic rings. The molecule has 2 aromatic heterocycles. The molecule has 7 nitrogen and oxygen atoms in total. The van der Waals surface area contributed by atoms with Crippen LogP contribution in [0.5, 0.6) is 0 Å². The van der Waals surface area contributed by atoms with Crippen molar-refractivity contribution in [3.05, 3.63) is 41.2 Å². The Kier molecular flexibility index (Phi) is 5.48. The number of halogens is 1. The Balaban J connectivity index is 1.59. The number of aromatic nitrogens is 4. The second-order valence-corrected chi connectivity index (χ2v) is 4.88. The highest BCUT2D eigenvalue weighted by molar-refractivity contribution is 9.10. The molecule has 2 rings (SSSR count). The highest BCUT2D eigenvalue weighted by Crippen LogP contribution is 2.02. The number of urea groups is 1. The Hall–Kier alpha value is -1.96. The van der Waals surface area contributed by atoms with Crippen molar-refractivity contribution in [1.82, 2.24) is 30.4 Å². The minimum Gasteiger partial charge on any atom is -0.338 e. The molecule has 2 N–H and O–H groups in total. The van der Waals surface area contributed by atoms with E-state index in [2.05, 4.69) is 41.6 Å². The van der Waals surface area contributed by atoms with Crippen LogP contribution in [-0.2, 0) is 13.1 Å². The lowest BCUT2D eigenvalue weighted by Crippen LogP contribution is -2.36. The maximum atomic E-state index is 11.5. The van der Waals surface area contributed by atoms with Crippen molar-refractivity contribution in [2.24, 2.45) is 0 Å². The summed E-state index contributed by atoms with van der Waals surface area (Å²) in [6.45, 7) is 1.73. The largest absolute Gasteiger partial charge is 0.338 e. The Bertz CT molecular complexity index is 527. The molecule has 106 valence electrons. The van der Waals surface area contributed by atoms with Gasteiger partial charge in [0.15, 0.2) is 0 Å². The van der Waals surface area contributed by atoms with E-state index in [1.54, 1.807) is 18.6 Å². The number of hydrogen-bond donors (Lipinski definition) is 2. The number of amides is 2. The van der Waals surface area contributed by atoms with Crippen molar-refractivity contribution in [3.8, 4) is 0 Å². The van der Waals surface area contributed by atoms with Gasteiger partial charge in [0.25, 0.3) is 0 Å². The molecule has 0 aliphatic heterocycles. The molecule has 0 atom stereocenters. The number of nitrogens with zero attached hydrogens (tertiary/aromatic N) is 4. The van der Waals surface area contributed by atoms with Gasteiger partial charge in [-0.05, 0) is 28.4 Å². The monoisotopic (exact) mass is 338 g/mol. The van der Waals surface area contributed by atoms with Crippen molar-refractivity contribution in [1.29, 1.82) is 0 Å². The summed E-state index contributed by atoms with van der Waals surface area (Å²) in [7, 11) is 0. The fraction of sp³-hybridized carbons (Fsp3) is 0.333. The van der Waals surface area contributed by atoms with E-state index in [1.807, 2.05) is 16.9 Å². The van der Waals surface area contributed by atoms with E-state index in [1.165, 1.54) is 0 Å². The molecular weight excluding hydrogens is 324 g/mol. The number of carbonyl (C=O) groups excluding carboxylic acids is 1. The number of carbonyl (C=O) groups is 1. The van der Waals surface area contributed by atoms with Crippen LogP contribution in [0.15, 0.2) is 35.5 Å². The first kappa shape index (κ1) is 14.4. The van der Waals surface area contributed by atoms with Gasteiger partial charge < -0.3 is 10.6 Å². The maximum absolute atomic E-state index is 11.5. The van der Waals surface area contributed by atoms with Gasteiger partial charge in [0.1, 0.15) is 4.60 Å². The Morgan fingerprint density at radius 3 is 2.90 bits per heavy atom. The van der Waals surface area contributed by atoms with E-state index in [0.717, 1.165) is 13.0 Å². The highest BCUT2D eigenvalue weighted by atomic mass is 79.9. The quantitative estimate of drug-likeness (QED) is 0.778. The van der Waals surface area contributed by atoms with Crippen LogP contribution >= 0.6 is 15.9 Å². The maximum Gasteiger partial charge on any atom is 0.315 e. The van der Waals surface area contributed by atoms with E-state index >= 15 is 0 Å². The predicted octanol–water partition coefficient (Wildman–Crippen LogP) is 1.33. The fourth-order valence-corrected chi connectivity index (χ4v) is 1.74. The van der Waals surface area contributed by atoms with E-state index in [4.69, 9.17) is 0 Å². The smallest absolute Gasteiger partial charge is 0.315 e. The molecule has 0 radical (unpaired) electrons. The van der Waals surface area contributed by atoms with Crippen molar-refractivity contribution in [2.75, 3.05) is 6.54 Å². The SMILES string of the molecule is O=C(NCCCn1cccn1)NCc1cnc(Br)cn1. The normalized spacial score (nSPS) is 10.2. The minimum absolute atomic E-state index is 0.213. The van der Waals surface area contributed by atoms with Crippen molar-refractivity contribution in [2.45, 2.75) is 19.5 Å². The number of hydrogen-bond acceptors (Lipinski definition) is 4. The molecule has 0 unspecified atom stereocenters. The molecule has 0 aromatic carbocycles. The lowest BCUT2D eigenvalue weighted by atomic mass is 10.4. The Labute approximate surface area is 124 Å². The van der Waals surface area contributed by atoms with Gasteiger partial charge in [0.2, 0.25) is 0 Å². The van der Waals surface area contributed by atoms with Crippen molar-refractivity contribution >= 4 is 22.0 Å². The van der Waals surface area contributed by atoms with Crippen molar-refractivity contribution in [3.63, 3.8) is 0 Å². The third kappa shape index (κ3) is 4.96. The number of nitrogens with one attached hydrogen (secondary N) is 2. The van der Waals surface area contributed by atoms with Gasteiger partial charge in [-0.2, -0.15) is 5.10 Å². The molecule has 2 heterocycles. The third-order valence-electron chi connectivity index (χ3n) is 2.51. The van der Waals surface area contributed by atoms with Crippen LogP contribution in [0.2, 0.25) is 0 Å². The van der Waals surface area contributed by atoms with E-state index in [-0.39, 0.29) is 6.03 Å². The zero-order valence-electron chi connectivity index (χ0n) is 10.8. The molecule has 20 heavy (non-hydrogen) atoms. The zero-order chi connectivity index (χ0) is 14.2. The molecule has 0 saturated heterocycles. The molecule has 0 bridgehead atoms. The lowest BCUT2D eigenvalue weighted by Gasteiger charge is -2.07. The first-order chi connectivity index (χ1) is 9.74. The van der Waals surface area contributed by atoms with Gasteiger partial charge in [0.05, 0.1) is 24.6 Å². The first-order valence-corrected chi connectivity index (χ1v) is 6.99. The fourth-order valence-electron chi connectivity index (χ4n) is 1.54. The molecule has 8 heteroatoms. The molecular formula is C12H15BrN6O. The summed E-state index contributed by atoms with van der Waals surface area (Å²) in [6, 6.07) is 1.66. The average Bonchev–Trinajstić information content (AvgIpc) is 2.96. The molecule has 0 saturated carbocycles.